The standard InChI is InChI=1S/C22H23FN2O3/c23-20-7-5-16(6-8-20)22(27)25-9-1-2-17(12-25)21(26)24-11-15-3-4-18-13-28-14-19(18)10-15/h3-8,10,17H,1-2,9,11-14H2,(H,24,26). The molecule has 0 saturated carbocycles. The van der Waals surface area contributed by atoms with Crippen molar-refractivity contribution in [1.82, 2.24) is 10.2 Å². The molecule has 28 heavy (non-hydrogen) atoms. The van der Waals surface area contributed by atoms with Gasteiger partial charge in [0.1, 0.15) is 5.82 Å². The van der Waals surface area contributed by atoms with Crippen LogP contribution >= 0.6 is 0 Å². The summed E-state index contributed by atoms with van der Waals surface area (Å²) >= 11 is 0. The van der Waals surface area contributed by atoms with Crippen molar-refractivity contribution in [2.24, 2.45) is 5.92 Å². The van der Waals surface area contributed by atoms with E-state index in [9.17, 15) is 14.0 Å². The molecule has 0 aromatic heterocycles. The molecule has 5 nitrogen and oxygen atoms in total. The average Bonchev–Trinajstić information content (AvgIpc) is 3.20. The molecule has 2 aromatic rings. The maximum Gasteiger partial charge on any atom is 0.253 e. The molecule has 1 atom stereocenters. The van der Waals surface area contributed by atoms with Gasteiger partial charge >= 0.3 is 0 Å². The van der Waals surface area contributed by atoms with Crippen LogP contribution in [-0.2, 0) is 29.3 Å². The lowest BCUT2D eigenvalue weighted by molar-refractivity contribution is -0.126. The molecule has 2 heterocycles. The summed E-state index contributed by atoms with van der Waals surface area (Å²) in [6.07, 6.45) is 1.54. The fourth-order valence-electron chi connectivity index (χ4n) is 3.82. The van der Waals surface area contributed by atoms with Crippen LogP contribution in [0.25, 0.3) is 0 Å². The van der Waals surface area contributed by atoms with Gasteiger partial charge in [-0.05, 0) is 53.8 Å². The van der Waals surface area contributed by atoms with Crippen molar-refractivity contribution in [2.45, 2.75) is 32.6 Å². The highest BCUT2D eigenvalue weighted by Gasteiger charge is 2.28. The van der Waals surface area contributed by atoms with E-state index in [0.29, 0.717) is 38.4 Å². The molecule has 2 aliphatic rings. The predicted octanol–water partition coefficient (Wildman–Crippen LogP) is 3.02. The van der Waals surface area contributed by atoms with Gasteiger partial charge in [0, 0.05) is 25.2 Å². The number of ether oxygens (including phenoxy) is 1. The molecule has 0 radical (unpaired) electrons. The smallest absolute Gasteiger partial charge is 0.253 e. The largest absolute Gasteiger partial charge is 0.372 e. The first-order valence-corrected chi connectivity index (χ1v) is 9.61. The van der Waals surface area contributed by atoms with E-state index in [1.165, 1.54) is 35.4 Å². The van der Waals surface area contributed by atoms with Crippen molar-refractivity contribution >= 4 is 11.8 Å². The molecule has 2 amide bonds. The number of hydrogen-bond acceptors (Lipinski definition) is 3. The van der Waals surface area contributed by atoms with Gasteiger partial charge in [-0.2, -0.15) is 0 Å². The summed E-state index contributed by atoms with van der Waals surface area (Å²) in [6, 6.07) is 11.7. The first-order chi connectivity index (χ1) is 13.6. The molecule has 1 fully saturated rings. The first kappa shape index (κ1) is 18.6. The summed E-state index contributed by atoms with van der Waals surface area (Å²) in [5, 5.41) is 3.00. The maximum absolute atomic E-state index is 13.1. The first-order valence-electron chi connectivity index (χ1n) is 9.61. The number of nitrogens with zero attached hydrogens (tertiary/aromatic N) is 1. The van der Waals surface area contributed by atoms with E-state index in [1.807, 2.05) is 12.1 Å². The highest BCUT2D eigenvalue weighted by molar-refractivity contribution is 5.94. The van der Waals surface area contributed by atoms with Gasteiger partial charge in [-0.25, -0.2) is 4.39 Å². The Bertz CT molecular complexity index is 882. The van der Waals surface area contributed by atoms with Crippen molar-refractivity contribution < 1.29 is 18.7 Å². The number of halogens is 1. The predicted molar refractivity (Wildman–Crippen MR) is 102 cm³/mol. The van der Waals surface area contributed by atoms with Crippen molar-refractivity contribution in [3.8, 4) is 0 Å². The van der Waals surface area contributed by atoms with Gasteiger partial charge in [-0.3, -0.25) is 9.59 Å². The summed E-state index contributed by atoms with van der Waals surface area (Å²) < 4.78 is 18.5. The molecule has 0 bridgehead atoms. The Morgan fingerprint density at radius 3 is 2.71 bits per heavy atom. The fourth-order valence-corrected chi connectivity index (χ4v) is 3.82. The van der Waals surface area contributed by atoms with Gasteiger partial charge in [0.2, 0.25) is 5.91 Å². The van der Waals surface area contributed by atoms with Crippen LogP contribution < -0.4 is 5.32 Å². The Hall–Kier alpha value is -2.73. The van der Waals surface area contributed by atoms with Crippen molar-refractivity contribution in [1.29, 1.82) is 0 Å². The molecule has 4 rings (SSSR count). The maximum atomic E-state index is 13.1. The zero-order valence-corrected chi connectivity index (χ0v) is 15.6. The van der Waals surface area contributed by atoms with Gasteiger partial charge in [0.25, 0.3) is 5.91 Å². The molecule has 2 aromatic carbocycles. The number of carbonyl (C=O) groups is 2. The third kappa shape index (κ3) is 4.07. The molecule has 146 valence electrons. The second kappa shape index (κ2) is 8.10. The number of likely N-dealkylation sites (tertiary alicyclic amines) is 1. The SMILES string of the molecule is O=C(NCc1ccc2c(c1)COC2)C1CCCN(C(=O)c2ccc(F)cc2)C1. The van der Waals surface area contributed by atoms with E-state index in [0.717, 1.165) is 18.4 Å². The Morgan fingerprint density at radius 2 is 1.89 bits per heavy atom. The normalized spacial score (nSPS) is 18.6. The number of amides is 2. The van der Waals surface area contributed by atoms with Gasteiger partial charge in [-0.15, -0.1) is 0 Å². The number of hydrogen-bond donors (Lipinski definition) is 1. The summed E-state index contributed by atoms with van der Waals surface area (Å²) in [5.41, 5.74) is 3.88. The van der Waals surface area contributed by atoms with Crippen LogP contribution in [0.15, 0.2) is 42.5 Å². The number of carbonyl (C=O) groups excluding carboxylic acids is 2. The van der Waals surface area contributed by atoms with Crippen LogP contribution in [0.4, 0.5) is 4.39 Å². The number of fused-ring (bicyclic) bond motifs is 1. The second-order valence-electron chi connectivity index (χ2n) is 7.41. The van der Waals surface area contributed by atoms with Crippen LogP contribution in [0.1, 0.15) is 39.9 Å². The molecular weight excluding hydrogens is 359 g/mol. The van der Waals surface area contributed by atoms with Crippen LogP contribution in [0.5, 0.6) is 0 Å². The molecule has 1 unspecified atom stereocenters. The average molecular weight is 382 g/mol. The van der Waals surface area contributed by atoms with Gasteiger partial charge in [0.05, 0.1) is 19.1 Å². The monoisotopic (exact) mass is 382 g/mol. The molecule has 0 spiro atoms. The summed E-state index contributed by atoms with van der Waals surface area (Å²) in [7, 11) is 0. The Morgan fingerprint density at radius 1 is 1.11 bits per heavy atom. The minimum Gasteiger partial charge on any atom is -0.372 e. The number of rotatable bonds is 4. The number of piperidine rings is 1. The second-order valence-corrected chi connectivity index (χ2v) is 7.41. The van der Waals surface area contributed by atoms with E-state index in [-0.39, 0.29) is 23.5 Å². The van der Waals surface area contributed by atoms with E-state index in [1.54, 1.807) is 4.90 Å². The minimum absolute atomic E-state index is 0.0339. The van der Waals surface area contributed by atoms with E-state index in [4.69, 9.17) is 4.74 Å². The third-order valence-electron chi connectivity index (χ3n) is 5.42. The zero-order valence-electron chi connectivity index (χ0n) is 15.6. The molecule has 1 saturated heterocycles. The van der Waals surface area contributed by atoms with E-state index in [2.05, 4.69) is 11.4 Å². The van der Waals surface area contributed by atoms with Gasteiger partial charge in [-0.1, -0.05) is 18.2 Å². The minimum atomic E-state index is -0.370. The molecule has 6 heteroatoms. The summed E-state index contributed by atoms with van der Waals surface area (Å²) in [5.74, 6) is -0.786. The lowest BCUT2D eigenvalue weighted by Gasteiger charge is -2.32. The third-order valence-corrected chi connectivity index (χ3v) is 5.42. The van der Waals surface area contributed by atoms with Gasteiger partial charge < -0.3 is 15.0 Å². The lowest BCUT2D eigenvalue weighted by atomic mass is 9.96. The summed E-state index contributed by atoms with van der Waals surface area (Å²) in [4.78, 5) is 26.9. The highest BCUT2D eigenvalue weighted by Crippen LogP contribution is 2.22. The molecule has 2 aliphatic heterocycles. The Labute approximate surface area is 163 Å². The van der Waals surface area contributed by atoms with E-state index >= 15 is 0 Å². The fraction of sp³-hybridized carbons (Fsp3) is 0.364. The Kier molecular flexibility index (Phi) is 5.39. The zero-order chi connectivity index (χ0) is 19.5. The van der Waals surface area contributed by atoms with Crippen molar-refractivity contribution in [2.75, 3.05) is 13.1 Å². The van der Waals surface area contributed by atoms with Crippen molar-refractivity contribution in [3.05, 3.63) is 70.5 Å². The number of benzene rings is 2. The van der Waals surface area contributed by atoms with E-state index < -0.39 is 0 Å². The molecule has 0 aliphatic carbocycles. The highest BCUT2D eigenvalue weighted by atomic mass is 19.1. The molecule has 1 N–H and O–H groups in total. The van der Waals surface area contributed by atoms with Gasteiger partial charge in [0.15, 0.2) is 0 Å². The topological polar surface area (TPSA) is 58.6 Å². The molecular formula is C22H23FN2O3. The van der Waals surface area contributed by atoms with Crippen molar-refractivity contribution in [3.63, 3.8) is 0 Å². The number of nitrogens with one attached hydrogen (secondary N) is 1. The van der Waals surface area contributed by atoms with Crippen LogP contribution in [-0.4, -0.2) is 29.8 Å². The quantitative estimate of drug-likeness (QED) is 0.884. The van der Waals surface area contributed by atoms with Crippen LogP contribution in [0.3, 0.4) is 0 Å². The summed E-state index contributed by atoms with van der Waals surface area (Å²) in [6.45, 7) is 2.75. The van der Waals surface area contributed by atoms with Crippen LogP contribution in [0.2, 0.25) is 0 Å². The lowest BCUT2D eigenvalue weighted by Crippen LogP contribution is -2.45. The van der Waals surface area contributed by atoms with Crippen LogP contribution in [0, 0.1) is 11.7 Å². The Balaban J connectivity index is 1.34.